The van der Waals surface area contributed by atoms with Gasteiger partial charge in [0.15, 0.2) is 5.69 Å². The average molecular weight is 268 g/mol. The van der Waals surface area contributed by atoms with Crippen LogP contribution in [0.2, 0.25) is 0 Å². The number of aromatic amines is 1. The zero-order valence-electron chi connectivity index (χ0n) is 10.8. The molecule has 0 saturated heterocycles. The van der Waals surface area contributed by atoms with Gasteiger partial charge in [0.2, 0.25) is 0 Å². The summed E-state index contributed by atoms with van der Waals surface area (Å²) in [6.45, 7) is 0. The quantitative estimate of drug-likeness (QED) is 0.783. The Balaban J connectivity index is 2.04. The van der Waals surface area contributed by atoms with E-state index < -0.39 is 0 Å². The molecular weight excluding hydrogens is 256 g/mol. The summed E-state index contributed by atoms with van der Waals surface area (Å²) in [7, 11) is 1.60. The Morgan fingerprint density at radius 1 is 1.20 bits per heavy atom. The molecule has 3 rings (SSSR count). The van der Waals surface area contributed by atoms with Gasteiger partial charge in [-0.25, -0.2) is 9.90 Å². The van der Waals surface area contributed by atoms with Gasteiger partial charge in [-0.15, -0.1) is 0 Å². The Kier molecular flexibility index (Phi) is 3.04. The van der Waals surface area contributed by atoms with Crippen LogP contribution in [0.25, 0.3) is 16.9 Å². The number of methoxy groups -OCH3 is 1. The molecule has 100 valence electrons. The highest BCUT2D eigenvalue weighted by Gasteiger charge is 2.11. The molecule has 0 aliphatic carbocycles. The Labute approximate surface area is 114 Å². The summed E-state index contributed by atoms with van der Waals surface area (Å²) < 4.78 is 6.47. The molecule has 0 aliphatic rings. The normalized spacial score (nSPS) is 10.4. The molecule has 0 atom stereocenters. The van der Waals surface area contributed by atoms with Gasteiger partial charge in [0.25, 0.3) is 5.56 Å². The SMILES string of the molecule is COc1ccc(-n2[nH]nc(-c3cccnc3)c2=O)cc1. The third-order valence-corrected chi connectivity index (χ3v) is 2.93. The molecule has 0 aliphatic heterocycles. The summed E-state index contributed by atoms with van der Waals surface area (Å²) in [6, 6.07) is 10.7. The van der Waals surface area contributed by atoms with Crippen molar-refractivity contribution in [1.29, 1.82) is 0 Å². The highest BCUT2D eigenvalue weighted by atomic mass is 16.5. The van der Waals surface area contributed by atoms with Crippen LogP contribution >= 0.6 is 0 Å². The maximum Gasteiger partial charge on any atom is 0.299 e. The van der Waals surface area contributed by atoms with Crippen LogP contribution in [-0.2, 0) is 0 Å². The van der Waals surface area contributed by atoms with Crippen LogP contribution in [0.15, 0.2) is 53.6 Å². The zero-order chi connectivity index (χ0) is 13.9. The summed E-state index contributed by atoms with van der Waals surface area (Å²) in [5.41, 5.74) is 1.50. The summed E-state index contributed by atoms with van der Waals surface area (Å²) in [5, 5.41) is 6.77. The van der Waals surface area contributed by atoms with Crippen LogP contribution in [0.3, 0.4) is 0 Å². The fraction of sp³-hybridized carbons (Fsp3) is 0.0714. The van der Waals surface area contributed by atoms with Gasteiger partial charge in [0.1, 0.15) is 5.75 Å². The van der Waals surface area contributed by atoms with Gasteiger partial charge in [-0.05, 0) is 36.4 Å². The van der Waals surface area contributed by atoms with Gasteiger partial charge in [0, 0.05) is 18.0 Å². The van der Waals surface area contributed by atoms with Gasteiger partial charge in [-0.2, -0.15) is 5.10 Å². The fourth-order valence-corrected chi connectivity index (χ4v) is 1.90. The van der Waals surface area contributed by atoms with Gasteiger partial charge in [-0.1, -0.05) is 0 Å². The van der Waals surface area contributed by atoms with Crippen molar-refractivity contribution in [3.8, 4) is 22.7 Å². The lowest BCUT2D eigenvalue weighted by Gasteiger charge is -2.02. The third-order valence-electron chi connectivity index (χ3n) is 2.93. The average Bonchev–Trinajstić information content (AvgIpc) is 2.90. The molecule has 3 aromatic rings. The van der Waals surface area contributed by atoms with E-state index in [9.17, 15) is 4.79 Å². The largest absolute Gasteiger partial charge is 0.497 e. The van der Waals surface area contributed by atoms with Gasteiger partial charge < -0.3 is 4.74 Å². The Morgan fingerprint density at radius 3 is 2.65 bits per heavy atom. The topological polar surface area (TPSA) is 72.8 Å². The Bertz CT molecular complexity index is 760. The minimum absolute atomic E-state index is 0.219. The molecule has 6 heteroatoms. The molecule has 0 amide bonds. The lowest BCUT2D eigenvalue weighted by molar-refractivity contribution is 0.414. The van der Waals surface area contributed by atoms with E-state index in [1.165, 1.54) is 4.68 Å². The van der Waals surface area contributed by atoms with Crippen molar-refractivity contribution in [2.45, 2.75) is 0 Å². The number of pyridine rings is 1. The molecule has 0 saturated carbocycles. The first-order valence-corrected chi connectivity index (χ1v) is 6.02. The molecule has 0 radical (unpaired) electrons. The molecule has 20 heavy (non-hydrogen) atoms. The third kappa shape index (κ3) is 2.07. The molecule has 0 unspecified atom stereocenters. The summed E-state index contributed by atoms with van der Waals surface area (Å²) in [6.07, 6.45) is 3.26. The highest BCUT2D eigenvalue weighted by molar-refractivity contribution is 5.56. The minimum atomic E-state index is -0.219. The van der Waals surface area contributed by atoms with E-state index in [1.54, 1.807) is 55.9 Å². The second-order valence-corrected chi connectivity index (χ2v) is 4.14. The van der Waals surface area contributed by atoms with E-state index >= 15 is 0 Å². The van der Waals surface area contributed by atoms with Crippen molar-refractivity contribution in [2.24, 2.45) is 0 Å². The van der Waals surface area contributed by atoms with E-state index in [1.807, 2.05) is 0 Å². The van der Waals surface area contributed by atoms with Crippen molar-refractivity contribution in [3.63, 3.8) is 0 Å². The number of H-pyrrole nitrogens is 1. The molecule has 6 nitrogen and oxygen atoms in total. The summed E-state index contributed by atoms with van der Waals surface area (Å²) in [4.78, 5) is 16.3. The van der Waals surface area contributed by atoms with Crippen LogP contribution in [0.5, 0.6) is 5.75 Å². The lowest BCUT2D eigenvalue weighted by Crippen LogP contribution is -2.15. The molecule has 0 fully saturated rings. The van der Waals surface area contributed by atoms with E-state index in [0.717, 1.165) is 5.75 Å². The second-order valence-electron chi connectivity index (χ2n) is 4.14. The van der Waals surface area contributed by atoms with Crippen molar-refractivity contribution in [3.05, 3.63) is 59.1 Å². The molecule has 0 spiro atoms. The number of nitrogens with one attached hydrogen (secondary N) is 1. The van der Waals surface area contributed by atoms with Crippen molar-refractivity contribution >= 4 is 0 Å². The first-order valence-electron chi connectivity index (χ1n) is 6.02. The molecule has 2 aromatic heterocycles. The van der Waals surface area contributed by atoms with Crippen LogP contribution in [0.4, 0.5) is 0 Å². The smallest absolute Gasteiger partial charge is 0.299 e. The summed E-state index contributed by atoms with van der Waals surface area (Å²) in [5.74, 6) is 0.730. The lowest BCUT2D eigenvalue weighted by atomic mass is 10.2. The predicted molar refractivity (Wildman–Crippen MR) is 74.0 cm³/mol. The number of aromatic nitrogens is 4. The van der Waals surface area contributed by atoms with Crippen LogP contribution in [0.1, 0.15) is 0 Å². The molecule has 1 aromatic carbocycles. The number of benzene rings is 1. The highest BCUT2D eigenvalue weighted by Crippen LogP contribution is 2.14. The van der Waals surface area contributed by atoms with Crippen LogP contribution < -0.4 is 10.3 Å². The van der Waals surface area contributed by atoms with Gasteiger partial charge in [0.05, 0.1) is 12.8 Å². The fourth-order valence-electron chi connectivity index (χ4n) is 1.90. The second kappa shape index (κ2) is 5.00. The van der Waals surface area contributed by atoms with E-state index in [4.69, 9.17) is 4.74 Å². The molecular formula is C14H12N4O2. The van der Waals surface area contributed by atoms with E-state index in [2.05, 4.69) is 15.3 Å². The van der Waals surface area contributed by atoms with Crippen molar-refractivity contribution in [2.75, 3.05) is 7.11 Å². The number of rotatable bonds is 3. The standard InChI is InChI=1S/C14H12N4O2/c1-20-12-6-4-11(5-7-12)18-14(19)13(16-17-18)10-3-2-8-15-9-10/h2-9,17H,1H3. The monoisotopic (exact) mass is 268 g/mol. The maximum absolute atomic E-state index is 12.3. The van der Waals surface area contributed by atoms with Crippen LogP contribution in [-0.4, -0.2) is 27.1 Å². The number of nitrogens with zero attached hydrogens (tertiary/aromatic N) is 3. The Morgan fingerprint density at radius 2 is 2.00 bits per heavy atom. The number of hydrogen-bond acceptors (Lipinski definition) is 4. The van der Waals surface area contributed by atoms with Crippen molar-refractivity contribution < 1.29 is 4.74 Å². The van der Waals surface area contributed by atoms with E-state index in [0.29, 0.717) is 16.9 Å². The first kappa shape index (κ1) is 12.2. The maximum atomic E-state index is 12.3. The van der Waals surface area contributed by atoms with Gasteiger partial charge in [-0.3, -0.25) is 9.78 Å². The molecule has 1 N–H and O–H groups in total. The molecule has 2 heterocycles. The molecule has 0 bridgehead atoms. The Hall–Kier alpha value is -2.89. The minimum Gasteiger partial charge on any atom is -0.497 e. The number of ether oxygens (including phenoxy) is 1. The van der Waals surface area contributed by atoms with Gasteiger partial charge >= 0.3 is 0 Å². The van der Waals surface area contributed by atoms with Crippen molar-refractivity contribution in [1.82, 2.24) is 20.0 Å². The number of hydrogen-bond donors (Lipinski definition) is 1. The first-order chi connectivity index (χ1) is 9.79. The predicted octanol–water partition coefficient (Wildman–Crippen LogP) is 1.63. The van der Waals surface area contributed by atoms with Crippen LogP contribution in [0, 0.1) is 0 Å². The van der Waals surface area contributed by atoms with E-state index in [-0.39, 0.29) is 5.56 Å². The summed E-state index contributed by atoms with van der Waals surface area (Å²) >= 11 is 0. The zero-order valence-corrected chi connectivity index (χ0v) is 10.8.